The second-order valence-electron chi connectivity index (χ2n) is 5.01. The van der Waals surface area contributed by atoms with E-state index < -0.39 is 0 Å². The van der Waals surface area contributed by atoms with Gasteiger partial charge in [0, 0.05) is 24.8 Å². The molecule has 0 spiro atoms. The SMILES string of the molecule is Cc1cc(-c2ccc(O)cc2)cnc1N1CCOCC1. The maximum absolute atomic E-state index is 9.34. The largest absolute Gasteiger partial charge is 0.508 e. The minimum absolute atomic E-state index is 0.281. The summed E-state index contributed by atoms with van der Waals surface area (Å²) in [5, 5.41) is 9.34. The Bertz CT molecular complexity index is 590. The normalized spacial score (nSPS) is 15.3. The number of hydrogen-bond acceptors (Lipinski definition) is 4. The second kappa shape index (κ2) is 5.51. The quantitative estimate of drug-likeness (QED) is 0.911. The van der Waals surface area contributed by atoms with Crippen LogP contribution < -0.4 is 4.90 Å². The van der Waals surface area contributed by atoms with Gasteiger partial charge in [-0.25, -0.2) is 4.98 Å². The van der Waals surface area contributed by atoms with Gasteiger partial charge in [-0.1, -0.05) is 12.1 Å². The molecule has 4 heteroatoms. The predicted octanol–water partition coefficient (Wildman–Crippen LogP) is 2.60. The van der Waals surface area contributed by atoms with Crippen molar-refractivity contribution in [3.05, 3.63) is 42.1 Å². The molecule has 0 aliphatic carbocycles. The molecule has 1 fully saturated rings. The van der Waals surface area contributed by atoms with Crippen molar-refractivity contribution in [3.8, 4) is 16.9 Å². The molecule has 2 heterocycles. The highest BCUT2D eigenvalue weighted by molar-refractivity contribution is 5.66. The molecule has 20 heavy (non-hydrogen) atoms. The van der Waals surface area contributed by atoms with Crippen molar-refractivity contribution >= 4 is 5.82 Å². The zero-order valence-corrected chi connectivity index (χ0v) is 11.5. The number of phenols is 1. The molecule has 104 valence electrons. The van der Waals surface area contributed by atoms with Crippen LogP contribution in [0.5, 0.6) is 5.75 Å². The Morgan fingerprint density at radius 2 is 1.80 bits per heavy atom. The third-order valence-electron chi connectivity index (χ3n) is 3.56. The van der Waals surface area contributed by atoms with Gasteiger partial charge in [0.15, 0.2) is 0 Å². The maximum Gasteiger partial charge on any atom is 0.131 e. The van der Waals surface area contributed by atoms with Gasteiger partial charge in [-0.3, -0.25) is 0 Å². The van der Waals surface area contributed by atoms with E-state index in [1.807, 2.05) is 18.3 Å². The van der Waals surface area contributed by atoms with Crippen LogP contribution in [-0.2, 0) is 4.74 Å². The summed E-state index contributed by atoms with van der Waals surface area (Å²) in [7, 11) is 0. The first-order chi connectivity index (χ1) is 9.74. The van der Waals surface area contributed by atoms with Gasteiger partial charge in [0.25, 0.3) is 0 Å². The van der Waals surface area contributed by atoms with Gasteiger partial charge in [-0.2, -0.15) is 0 Å². The van der Waals surface area contributed by atoms with E-state index in [1.54, 1.807) is 12.1 Å². The highest BCUT2D eigenvalue weighted by Crippen LogP contribution is 2.26. The lowest BCUT2D eigenvalue weighted by Gasteiger charge is -2.29. The average Bonchev–Trinajstić information content (AvgIpc) is 2.49. The molecular weight excluding hydrogens is 252 g/mol. The molecule has 1 N–H and O–H groups in total. The van der Waals surface area contributed by atoms with Gasteiger partial charge < -0.3 is 14.7 Å². The molecule has 1 saturated heterocycles. The van der Waals surface area contributed by atoms with Gasteiger partial charge in [0.1, 0.15) is 11.6 Å². The van der Waals surface area contributed by atoms with E-state index in [4.69, 9.17) is 4.74 Å². The maximum atomic E-state index is 9.34. The van der Waals surface area contributed by atoms with Gasteiger partial charge >= 0.3 is 0 Å². The zero-order valence-electron chi connectivity index (χ0n) is 11.5. The van der Waals surface area contributed by atoms with E-state index in [0.29, 0.717) is 0 Å². The second-order valence-corrected chi connectivity index (χ2v) is 5.01. The molecule has 3 rings (SSSR count). The Balaban J connectivity index is 1.88. The number of pyridine rings is 1. The van der Waals surface area contributed by atoms with Gasteiger partial charge in [-0.05, 0) is 36.2 Å². The fourth-order valence-electron chi connectivity index (χ4n) is 2.49. The Labute approximate surface area is 118 Å². The number of ether oxygens (including phenoxy) is 1. The monoisotopic (exact) mass is 270 g/mol. The van der Waals surface area contributed by atoms with E-state index in [9.17, 15) is 5.11 Å². The lowest BCUT2D eigenvalue weighted by atomic mass is 10.1. The molecule has 1 aromatic carbocycles. The molecule has 4 nitrogen and oxygen atoms in total. The topological polar surface area (TPSA) is 45.6 Å². The number of rotatable bonds is 2. The summed E-state index contributed by atoms with van der Waals surface area (Å²) in [5.41, 5.74) is 3.30. The van der Waals surface area contributed by atoms with Crippen LogP contribution in [0.4, 0.5) is 5.82 Å². The van der Waals surface area contributed by atoms with Crippen LogP contribution in [-0.4, -0.2) is 36.4 Å². The first-order valence-electron chi connectivity index (χ1n) is 6.83. The van der Waals surface area contributed by atoms with E-state index in [-0.39, 0.29) is 5.75 Å². The van der Waals surface area contributed by atoms with Crippen molar-refractivity contribution < 1.29 is 9.84 Å². The smallest absolute Gasteiger partial charge is 0.131 e. The molecule has 0 amide bonds. The number of hydrogen-bond donors (Lipinski definition) is 1. The molecule has 0 radical (unpaired) electrons. The van der Waals surface area contributed by atoms with E-state index in [0.717, 1.165) is 48.8 Å². The fourth-order valence-corrected chi connectivity index (χ4v) is 2.49. The van der Waals surface area contributed by atoms with Crippen LogP contribution in [0, 0.1) is 6.92 Å². The van der Waals surface area contributed by atoms with E-state index in [1.165, 1.54) is 0 Å². The van der Waals surface area contributed by atoms with Crippen LogP contribution in [0.15, 0.2) is 36.5 Å². The highest BCUT2D eigenvalue weighted by atomic mass is 16.5. The minimum atomic E-state index is 0.281. The summed E-state index contributed by atoms with van der Waals surface area (Å²) >= 11 is 0. The van der Waals surface area contributed by atoms with Crippen molar-refractivity contribution in [2.24, 2.45) is 0 Å². The molecule has 0 bridgehead atoms. The summed E-state index contributed by atoms with van der Waals surface area (Å²) in [5.74, 6) is 1.32. The number of benzene rings is 1. The van der Waals surface area contributed by atoms with Crippen LogP contribution in [0.1, 0.15) is 5.56 Å². The van der Waals surface area contributed by atoms with Crippen LogP contribution in [0.2, 0.25) is 0 Å². The lowest BCUT2D eigenvalue weighted by molar-refractivity contribution is 0.122. The molecule has 1 aliphatic heterocycles. The molecule has 0 atom stereocenters. The number of aryl methyl sites for hydroxylation is 1. The molecular formula is C16H18N2O2. The minimum Gasteiger partial charge on any atom is -0.508 e. The molecule has 0 unspecified atom stereocenters. The Morgan fingerprint density at radius 1 is 1.10 bits per heavy atom. The Morgan fingerprint density at radius 3 is 2.45 bits per heavy atom. The molecule has 0 saturated carbocycles. The van der Waals surface area contributed by atoms with E-state index in [2.05, 4.69) is 22.9 Å². The van der Waals surface area contributed by atoms with Gasteiger partial charge in [-0.15, -0.1) is 0 Å². The van der Waals surface area contributed by atoms with Crippen LogP contribution in [0.25, 0.3) is 11.1 Å². The number of aromatic nitrogens is 1. The first kappa shape index (κ1) is 12.9. The van der Waals surface area contributed by atoms with Crippen molar-refractivity contribution in [1.29, 1.82) is 0 Å². The number of phenolic OH excluding ortho intramolecular Hbond substituents is 1. The first-order valence-corrected chi connectivity index (χ1v) is 6.83. The van der Waals surface area contributed by atoms with Gasteiger partial charge in [0.05, 0.1) is 13.2 Å². The number of morpholine rings is 1. The summed E-state index contributed by atoms with van der Waals surface area (Å²) in [6.07, 6.45) is 1.89. The summed E-state index contributed by atoms with van der Waals surface area (Å²) in [4.78, 5) is 6.87. The summed E-state index contributed by atoms with van der Waals surface area (Å²) in [6.45, 7) is 5.40. The average molecular weight is 270 g/mol. The Hall–Kier alpha value is -2.07. The number of aromatic hydroxyl groups is 1. The fraction of sp³-hybridized carbons (Fsp3) is 0.312. The van der Waals surface area contributed by atoms with Crippen molar-refractivity contribution in [2.45, 2.75) is 6.92 Å². The standard InChI is InChI=1S/C16H18N2O2/c1-12-10-14(13-2-4-15(19)5-3-13)11-17-16(12)18-6-8-20-9-7-18/h2-5,10-11,19H,6-9H2,1H3. The Kier molecular flexibility index (Phi) is 3.56. The van der Waals surface area contributed by atoms with Crippen molar-refractivity contribution in [1.82, 2.24) is 4.98 Å². The highest BCUT2D eigenvalue weighted by Gasteiger charge is 2.14. The lowest BCUT2D eigenvalue weighted by Crippen LogP contribution is -2.37. The van der Waals surface area contributed by atoms with Crippen LogP contribution >= 0.6 is 0 Å². The third-order valence-corrected chi connectivity index (χ3v) is 3.56. The van der Waals surface area contributed by atoms with E-state index >= 15 is 0 Å². The predicted molar refractivity (Wildman–Crippen MR) is 79.1 cm³/mol. The molecule has 1 aliphatic rings. The molecule has 2 aromatic rings. The van der Waals surface area contributed by atoms with Crippen molar-refractivity contribution in [2.75, 3.05) is 31.2 Å². The number of anilines is 1. The summed E-state index contributed by atoms with van der Waals surface area (Å²) < 4.78 is 5.37. The van der Waals surface area contributed by atoms with Crippen LogP contribution in [0.3, 0.4) is 0 Å². The number of nitrogens with zero attached hydrogens (tertiary/aromatic N) is 2. The third kappa shape index (κ3) is 2.60. The molecule has 1 aromatic heterocycles. The van der Waals surface area contributed by atoms with Gasteiger partial charge in [0.2, 0.25) is 0 Å². The van der Waals surface area contributed by atoms with Crippen molar-refractivity contribution in [3.63, 3.8) is 0 Å². The zero-order chi connectivity index (χ0) is 13.9. The summed E-state index contributed by atoms with van der Waals surface area (Å²) in [6, 6.07) is 9.34.